The Balaban J connectivity index is 2.00. The number of hydrogen-bond acceptors (Lipinski definition) is 7. The van der Waals surface area contributed by atoms with Crippen molar-refractivity contribution in [2.24, 2.45) is 5.92 Å². The van der Waals surface area contributed by atoms with E-state index >= 15 is 0 Å². The Kier molecular flexibility index (Phi) is 9.12. The van der Waals surface area contributed by atoms with E-state index in [-0.39, 0.29) is 29.7 Å². The second-order valence-corrected chi connectivity index (χ2v) is 7.72. The minimum atomic E-state index is -0.726. The van der Waals surface area contributed by atoms with E-state index in [0.29, 0.717) is 17.2 Å². The molecule has 2 aromatic rings. The average molecular weight is 450 g/mol. The van der Waals surface area contributed by atoms with E-state index in [9.17, 15) is 14.7 Å². The maximum Gasteiger partial charge on any atom is 0.309 e. The molecule has 1 N–H and O–H groups in total. The molecule has 0 bridgehead atoms. The molecule has 0 aliphatic carbocycles. The van der Waals surface area contributed by atoms with Gasteiger partial charge in [0.15, 0.2) is 23.0 Å². The molecule has 1 aromatic heterocycles. The molecule has 1 heterocycles. The summed E-state index contributed by atoms with van der Waals surface area (Å²) in [5.41, 5.74) is -0.139. The standard InChI is InChI=1S/C23H28ClNO6/c1-5-7-19(31-17-9-6-8-16(24)13-17)15(3)30-23(28)14(2)12-18(26)21-22(27)20(29-4)10-11-25-21/h6,8-11,13-15,19,27H,5,7,12H2,1-4H3/t14-,15+,19-/m1/s1. The highest BCUT2D eigenvalue weighted by atomic mass is 35.5. The third-order valence-corrected chi connectivity index (χ3v) is 4.98. The van der Waals surface area contributed by atoms with Crippen LogP contribution in [0.1, 0.15) is 50.5 Å². The monoisotopic (exact) mass is 449 g/mol. The molecular weight excluding hydrogens is 422 g/mol. The highest BCUT2D eigenvalue weighted by Crippen LogP contribution is 2.29. The number of hydrogen-bond donors (Lipinski definition) is 1. The lowest BCUT2D eigenvalue weighted by molar-refractivity contribution is -0.157. The quantitative estimate of drug-likeness (QED) is 0.387. The Morgan fingerprint density at radius 2 is 1.97 bits per heavy atom. The van der Waals surface area contributed by atoms with Gasteiger partial charge in [0.2, 0.25) is 0 Å². The van der Waals surface area contributed by atoms with Crippen LogP contribution in [-0.2, 0) is 9.53 Å². The molecule has 168 valence electrons. The van der Waals surface area contributed by atoms with Gasteiger partial charge in [0.25, 0.3) is 0 Å². The van der Waals surface area contributed by atoms with E-state index in [0.717, 1.165) is 6.42 Å². The zero-order valence-corrected chi connectivity index (χ0v) is 18.9. The smallest absolute Gasteiger partial charge is 0.309 e. The van der Waals surface area contributed by atoms with E-state index in [2.05, 4.69) is 4.98 Å². The fraction of sp³-hybridized carbons (Fsp3) is 0.435. The molecule has 8 heteroatoms. The van der Waals surface area contributed by atoms with Gasteiger partial charge in [0.05, 0.1) is 13.0 Å². The zero-order valence-electron chi connectivity index (χ0n) is 18.1. The SMILES string of the molecule is CCC[C@@H](Oc1cccc(Cl)c1)[C@H](C)OC(=O)[C@H](C)CC(=O)c1nccc(OC)c1O. The van der Waals surface area contributed by atoms with Crippen molar-refractivity contribution < 1.29 is 28.9 Å². The summed E-state index contributed by atoms with van der Waals surface area (Å²) >= 11 is 6.01. The van der Waals surface area contributed by atoms with Crippen molar-refractivity contribution in [3.63, 3.8) is 0 Å². The summed E-state index contributed by atoms with van der Waals surface area (Å²) in [5, 5.41) is 10.7. The molecular formula is C23H28ClNO6. The number of aromatic nitrogens is 1. The van der Waals surface area contributed by atoms with Crippen molar-refractivity contribution in [3.05, 3.63) is 47.2 Å². The second kappa shape index (κ2) is 11.6. The molecule has 0 fully saturated rings. The molecule has 0 radical (unpaired) electrons. The van der Waals surface area contributed by atoms with Crippen LogP contribution in [-0.4, -0.2) is 41.2 Å². The lowest BCUT2D eigenvalue weighted by atomic mass is 10.0. The highest BCUT2D eigenvalue weighted by Gasteiger charge is 2.28. The maximum absolute atomic E-state index is 12.6. The van der Waals surface area contributed by atoms with Gasteiger partial charge in [-0.3, -0.25) is 9.59 Å². The minimum absolute atomic E-state index is 0.139. The second-order valence-electron chi connectivity index (χ2n) is 7.28. The first-order chi connectivity index (χ1) is 14.8. The number of benzene rings is 1. The predicted octanol–water partition coefficient (Wildman–Crippen LogP) is 4.84. The first-order valence-corrected chi connectivity index (χ1v) is 10.5. The molecule has 1 aromatic carbocycles. The van der Waals surface area contributed by atoms with Crippen LogP contribution in [0.2, 0.25) is 5.02 Å². The Morgan fingerprint density at radius 1 is 1.23 bits per heavy atom. The molecule has 0 unspecified atom stereocenters. The summed E-state index contributed by atoms with van der Waals surface area (Å²) < 4.78 is 16.6. The molecule has 0 aliphatic heterocycles. The normalized spacial score (nSPS) is 13.7. The summed E-state index contributed by atoms with van der Waals surface area (Å²) in [5.74, 6) is -1.34. The van der Waals surface area contributed by atoms with Crippen molar-refractivity contribution >= 4 is 23.4 Å². The number of nitrogens with zero attached hydrogens (tertiary/aromatic N) is 1. The van der Waals surface area contributed by atoms with Crippen molar-refractivity contribution in [3.8, 4) is 17.2 Å². The number of esters is 1. The Morgan fingerprint density at radius 3 is 2.61 bits per heavy atom. The van der Waals surface area contributed by atoms with Gasteiger partial charge in [0, 0.05) is 23.7 Å². The van der Waals surface area contributed by atoms with Gasteiger partial charge >= 0.3 is 5.97 Å². The number of carbonyl (C=O) groups excluding carboxylic acids is 2. The molecule has 31 heavy (non-hydrogen) atoms. The number of rotatable bonds is 11. The Bertz CT molecular complexity index is 903. The molecule has 7 nitrogen and oxygen atoms in total. The molecule has 0 saturated carbocycles. The van der Waals surface area contributed by atoms with Crippen LogP contribution in [0.4, 0.5) is 0 Å². The highest BCUT2D eigenvalue weighted by molar-refractivity contribution is 6.30. The predicted molar refractivity (Wildman–Crippen MR) is 117 cm³/mol. The van der Waals surface area contributed by atoms with Gasteiger partial charge in [-0.25, -0.2) is 4.98 Å². The summed E-state index contributed by atoms with van der Waals surface area (Å²) in [4.78, 5) is 29.0. The van der Waals surface area contributed by atoms with E-state index in [1.807, 2.05) is 6.92 Å². The first kappa shape index (κ1) is 24.5. The largest absolute Gasteiger partial charge is 0.503 e. The van der Waals surface area contributed by atoms with Crippen LogP contribution in [0.25, 0.3) is 0 Å². The third kappa shape index (κ3) is 6.85. The van der Waals surface area contributed by atoms with Gasteiger partial charge in [0.1, 0.15) is 18.0 Å². The van der Waals surface area contributed by atoms with Crippen molar-refractivity contribution in [2.75, 3.05) is 7.11 Å². The molecule has 0 amide bonds. The van der Waals surface area contributed by atoms with Crippen LogP contribution in [0.3, 0.4) is 0 Å². The van der Waals surface area contributed by atoms with Crippen LogP contribution in [0.15, 0.2) is 36.5 Å². The van der Waals surface area contributed by atoms with Gasteiger partial charge in [-0.1, -0.05) is 37.9 Å². The number of aromatic hydroxyl groups is 1. The van der Waals surface area contributed by atoms with Crippen LogP contribution in [0.5, 0.6) is 17.2 Å². The summed E-state index contributed by atoms with van der Waals surface area (Å²) in [6, 6.07) is 8.47. The lowest BCUT2D eigenvalue weighted by Crippen LogP contribution is -2.35. The number of Topliss-reactive ketones (excluding diaryl/α,β-unsaturated/α-hetero) is 1. The number of ketones is 1. The molecule has 0 saturated heterocycles. The number of pyridine rings is 1. The number of ether oxygens (including phenoxy) is 3. The van der Waals surface area contributed by atoms with E-state index in [4.69, 9.17) is 25.8 Å². The number of carbonyl (C=O) groups is 2. The minimum Gasteiger partial charge on any atom is -0.503 e. The van der Waals surface area contributed by atoms with Gasteiger partial charge < -0.3 is 19.3 Å². The summed E-state index contributed by atoms with van der Waals surface area (Å²) in [7, 11) is 1.38. The van der Waals surface area contributed by atoms with Crippen molar-refractivity contribution in [1.82, 2.24) is 4.98 Å². The average Bonchev–Trinajstić information content (AvgIpc) is 2.73. The maximum atomic E-state index is 12.6. The lowest BCUT2D eigenvalue weighted by Gasteiger charge is -2.26. The van der Waals surface area contributed by atoms with E-state index in [1.54, 1.807) is 38.1 Å². The molecule has 3 atom stereocenters. The zero-order chi connectivity index (χ0) is 23.0. The van der Waals surface area contributed by atoms with Crippen LogP contribution < -0.4 is 9.47 Å². The fourth-order valence-corrected chi connectivity index (χ4v) is 3.21. The van der Waals surface area contributed by atoms with E-state index in [1.165, 1.54) is 19.4 Å². The van der Waals surface area contributed by atoms with Crippen molar-refractivity contribution in [1.29, 1.82) is 0 Å². The first-order valence-electron chi connectivity index (χ1n) is 10.1. The number of halogens is 1. The van der Waals surface area contributed by atoms with Crippen LogP contribution >= 0.6 is 11.6 Å². The third-order valence-electron chi connectivity index (χ3n) is 4.75. The van der Waals surface area contributed by atoms with Gasteiger partial charge in [-0.2, -0.15) is 0 Å². The topological polar surface area (TPSA) is 95.0 Å². The van der Waals surface area contributed by atoms with Gasteiger partial charge in [-0.05, 0) is 31.5 Å². The van der Waals surface area contributed by atoms with Crippen LogP contribution in [0, 0.1) is 5.92 Å². The summed E-state index contributed by atoms with van der Waals surface area (Å²) in [6.45, 7) is 5.36. The molecule has 0 spiro atoms. The summed E-state index contributed by atoms with van der Waals surface area (Å²) in [6.07, 6.45) is 1.82. The fourth-order valence-electron chi connectivity index (χ4n) is 3.03. The van der Waals surface area contributed by atoms with Crippen molar-refractivity contribution in [2.45, 2.75) is 52.2 Å². The number of methoxy groups -OCH3 is 1. The Hall–Kier alpha value is -2.80. The Labute approximate surface area is 187 Å². The molecule has 2 rings (SSSR count). The van der Waals surface area contributed by atoms with E-state index < -0.39 is 23.8 Å². The van der Waals surface area contributed by atoms with Gasteiger partial charge in [-0.15, -0.1) is 0 Å². The molecule has 0 aliphatic rings.